The highest BCUT2D eigenvalue weighted by Crippen LogP contribution is 2.38. The summed E-state index contributed by atoms with van der Waals surface area (Å²) in [4.78, 5) is 4.72. The molecule has 0 N–H and O–H groups in total. The van der Waals surface area contributed by atoms with Gasteiger partial charge in [-0.1, -0.05) is 60.8 Å². The molecule has 0 spiro atoms. The van der Waals surface area contributed by atoms with Crippen molar-refractivity contribution in [1.82, 2.24) is 14.7 Å². The molecule has 5 aromatic rings. The third-order valence-electron chi connectivity index (χ3n) is 7.73. The number of halogens is 2. The molecule has 9 heteroatoms. The zero-order chi connectivity index (χ0) is 29.3. The van der Waals surface area contributed by atoms with Crippen molar-refractivity contribution >= 4 is 32.8 Å². The van der Waals surface area contributed by atoms with E-state index in [1.165, 1.54) is 12.7 Å². The Hall–Kier alpha value is -3.30. The van der Waals surface area contributed by atoms with Gasteiger partial charge in [0.2, 0.25) is 0 Å². The summed E-state index contributed by atoms with van der Waals surface area (Å²) in [6.45, 7) is 1.59. The number of likely N-dealkylation sites (tertiary alicyclic amines) is 1. The molecular weight excluding hydrogens is 589 g/mol. The van der Waals surface area contributed by atoms with Gasteiger partial charge in [0.05, 0.1) is 31.9 Å². The van der Waals surface area contributed by atoms with Crippen LogP contribution in [0.5, 0.6) is 0 Å². The first-order chi connectivity index (χ1) is 20.3. The quantitative estimate of drug-likeness (QED) is 0.183. The monoisotopic (exact) mass is 619 g/mol. The summed E-state index contributed by atoms with van der Waals surface area (Å²) in [5.74, 6) is -0.222. The van der Waals surface area contributed by atoms with Crippen LogP contribution in [0.4, 0.5) is 4.39 Å². The Kier molecular flexibility index (Phi) is 8.32. The van der Waals surface area contributed by atoms with Crippen LogP contribution in [0.2, 0.25) is 5.02 Å². The number of rotatable bonds is 7. The van der Waals surface area contributed by atoms with Crippen LogP contribution in [-0.4, -0.2) is 35.9 Å². The second-order valence-electron chi connectivity index (χ2n) is 10.7. The van der Waals surface area contributed by atoms with Crippen molar-refractivity contribution in [3.63, 3.8) is 0 Å². The predicted octanol–water partition coefficient (Wildman–Crippen LogP) is 8.58. The van der Waals surface area contributed by atoms with Crippen molar-refractivity contribution in [2.24, 2.45) is 0 Å². The molecule has 1 atom stereocenters. The molecule has 42 heavy (non-hydrogen) atoms. The highest BCUT2D eigenvalue weighted by atomic mass is 35.5. The molecule has 5 nitrogen and oxygen atoms in total. The summed E-state index contributed by atoms with van der Waals surface area (Å²) in [6.07, 6.45) is 5.66. The first-order valence-corrected chi connectivity index (χ1v) is 17.1. The minimum Gasteiger partial charge on any atom is -0.290 e. The minimum absolute atomic E-state index is 0.192. The lowest BCUT2D eigenvalue weighted by Crippen LogP contribution is -2.28. The van der Waals surface area contributed by atoms with Gasteiger partial charge in [-0.15, -0.1) is 11.3 Å². The lowest BCUT2D eigenvalue weighted by Gasteiger charge is -2.29. The molecule has 0 saturated carbocycles. The second kappa shape index (κ2) is 12.1. The maximum Gasteiger partial charge on any atom is 0.175 e. The molecule has 0 aliphatic carbocycles. The van der Waals surface area contributed by atoms with E-state index in [2.05, 4.69) is 17.0 Å². The van der Waals surface area contributed by atoms with Gasteiger partial charge in [-0.05, 0) is 85.1 Å². The first-order valence-electron chi connectivity index (χ1n) is 14.0. The van der Waals surface area contributed by atoms with E-state index in [4.69, 9.17) is 16.7 Å². The smallest absolute Gasteiger partial charge is 0.175 e. The van der Waals surface area contributed by atoms with Crippen LogP contribution in [0.15, 0.2) is 95.9 Å². The number of benzene rings is 3. The van der Waals surface area contributed by atoms with Crippen molar-refractivity contribution in [2.75, 3.05) is 12.8 Å². The summed E-state index contributed by atoms with van der Waals surface area (Å²) in [5.41, 5.74) is 4.61. The Labute approximate surface area is 255 Å². The summed E-state index contributed by atoms with van der Waals surface area (Å²) < 4.78 is 39.9. The Morgan fingerprint density at radius 1 is 0.929 bits per heavy atom. The summed E-state index contributed by atoms with van der Waals surface area (Å²) >= 11 is 8.25. The van der Waals surface area contributed by atoms with Gasteiger partial charge in [-0.2, -0.15) is 5.10 Å². The Morgan fingerprint density at radius 3 is 2.50 bits per heavy atom. The number of sulfone groups is 1. The van der Waals surface area contributed by atoms with E-state index in [-0.39, 0.29) is 11.9 Å². The maximum absolute atomic E-state index is 13.7. The summed E-state index contributed by atoms with van der Waals surface area (Å²) in [5, 5.41) is 5.67. The van der Waals surface area contributed by atoms with E-state index in [1.54, 1.807) is 41.7 Å². The normalized spacial score (nSPS) is 16.4. The van der Waals surface area contributed by atoms with Gasteiger partial charge in [0.15, 0.2) is 9.84 Å². The minimum atomic E-state index is -3.31. The van der Waals surface area contributed by atoms with Crippen molar-refractivity contribution < 1.29 is 12.8 Å². The van der Waals surface area contributed by atoms with E-state index in [1.807, 2.05) is 53.2 Å². The molecule has 1 aliphatic heterocycles. The highest BCUT2D eigenvalue weighted by Gasteiger charge is 2.25. The van der Waals surface area contributed by atoms with Gasteiger partial charge < -0.3 is 0 Å². The number of aromatic nitrogens is 2. The summed E-state index contributed by atoms with van der Waals surface area (Å²) in [7, 11) is -3.31. The zero-order valence-electron chi connectivity index (χ0n) is 23.2. The van der Waals surface area contributed by atoms with Gasteiger partial charge in [0.25, 0.3) is 0 Å². The van der Waals surface area contributed by atoms with Crippen LogP contribution in [0, 0.1) is 5.82 Å². The molecular formula is C33H31ClFN3O2S2. The van der Waals surface area contributed by atoms with Crippen molar-refractivity contribution in [3.05, 3.63) is 113 Å². The first kappa shape index (κ1) is 28.8. The van der Waals surface area contributed by atoms with E-state index in [0.29, 0.717) is 16.5 Å². The topological polar surface area (TPSA) is 55.2 Å². The second-order valence-corrected chi connectivity index (χ2v) is 14.2. The molecule has 216 valence electrons. The SMILES string of the molecule is CS(=O)(=O)c1cccc(-c2ccc(-c3cc(CN4CCCCCC4c4ccc(F)cc4)nn3-c3ccccc3Cl)s2)c1. The number of nitrogens with zero attached hydrogens (tertiary/aromatic N) is 3. The van der Waals surface area contributed by atoms with E-state index < -0.39 is 9.84 Å². The van der Waals surface area contributed by atoms with Gasteiger partial charge in [-0.3, -0.25) is 4.90 Å². The van der Waals surface area contributed by atoms with Crippen molar-refractivity contribution in [1.29, 1.82) is 0 Å². The lowest BCUT2D eigenvalue weighted by molar-refractivity contribution is 0.190. The average Bonchev–Trinajstić information content (AvgIpc) is 3.56. The molecule has 1 fully saturated rings. The van der Waals surface area contributed by atoms with Crippen LogP contribution in [0.25, 0.3) is 26.7 Å². The Bertz CT molecular complexity index is 1820. The fourth-order valence-electron chi connectivity index (χ4n) is 5.63. The number of para-hydroxylation sites is 1. The number of hydrogen-bond acceptors (Lipinski definition) is 5. The lowest BCUT2D eigenvalue weighted by atomic mass is 10.0. The molecule has 1 aliphatic rings. The third kappa shape index (κ3) is 6.22. The Morgan fingerprint density at radius 2 is 1.71 bits per heavy atom. The third-order valence-corrected chi connectivity index (χ3v) is 10.3. The summed E-state index contributed by atoms with van der Waals surface area (Å²) in [6, 6.07) is 28.0. The van der Waals surface area contributed by atoms with Crippen molar-refractivity contribution in [2.45, 2.75) is 43.2 Å². The van der Waals surface area contributed by atoms with Gasteiger partial charge in [-0.25, -0.2) is 17.5 Å². The molecule has 3 heterocycles. The number of thiophene rings is 1. The molecule has 2 aromatic heterocycles. The average molecular weight is 620 g/mol. The zero-order valence-corrected chi connectivity index (χ0v) is 25.6. The Balaban J connectivity index is 1.38. The maximum atomic E-state index is 13.7. The van der Waals surface area contributed by atoms with Crippen molar-refractivity contribution in [3.8, 4) is 26.7 Å². The molecule has 3 aromatic carbocycles. The molecule has 0 amide bonds. The molecule has 1 unspecified atom stereocenters. The van der Waals surface area contributed by atoms with Crippen LogP contribution in [0.1, 0.15) is 43.0 Å². The fourth-order valence-corrected chi connectivity index (χ4v) is 7.51. The van der Waals surface area contributed by atoms with Gasteiger partial charge in [0.1, 0.15) is 5.82 Å². The molecule has 1 saturated heterocycles. The van der Waals surface area contributed by atoms with E-state index in [9.17, 15) is 12.8 Å². The standard InChI is InChI=1S/C33H31ClFN3O2S2/c1-42(39,40)27-9-7-8-24(20-27)32-17-18-33(41-32)31-21-26(36-38(31)30-12-5-4-10-28(30)34)22-37-19-6-2-3-11-29(37)23-13-15-25(35)16-14-23/h4-5,7-10,12-18,20-21,29H,2-3,6,11,19,22H2,1H3. The van der Waals surface area contributed by atoms with E-state index >= 15 is 0 Å². The molecule has 0 radical (unpaired) electrons. The molecule has 0 bridgehead atoms. The number of hydrogen-bond donors (Lipinski definition) is 0. The van der Waals surface area contributed by atoms with Crippen LogP contribution in [-0.2, 0) is 16.4 Å². The van der Waals surface area contributed by atoms with Crippen LogP contribution < -0.4 is 0 Å². The predicted molar refractivity (Wildman–Crippen MR) is 168 cm³/mol. The van der Waals surface area contributed by atoms with Crippen LogP contribution in [0.3, 0.4) is 0 Å². The highest BCUT2D eigenvalue weighted by molar-refractivity contribution is 7.90. The van der Waals surface area contributed by atoms with Gasteiger partial charge in [0, 0.05) is 23.7 Å². The largest absolute Gasteiger partial charge is 0.290 e. The molecule has 6 rings (SSSR count). The van der Waals surface area contributed by atoms with E-state index in [0.717, 1.165) is 63.8 Å². The van der Waals surface area contributed by atoms with Crippen LogP contribution >= 0.6 is 22.9 Å². The fraction of sp³-hybridized carbons (Fsp3) is 0.242. The van der Waals surface area contributed by atoms with Gasteiger partial charge >= 0.3 is 0 Å².